The van der Waals surface area contributed by atoms with E-state index in [4.69, 9.17) is 0 Å². The highest BCUT2D eigenvalue weighted by Gasteiger charge is 2.59. The van der Waals surface area contributed by atoms with Gasteiger partial charge in [-0.1, -0.05) is 65.5 Å². The molecule has 0 saturated heterocycles. The van der Waals surface area contributed by atoms with Crippen molar-refractivity contribution in [3.05, 3.63) is 11.6 Å². The van der Waals surface area contributed by atoms with E-state index in [-0.39, 0.29) is 0 Å². The molecule has 0 amide bonds. The fourth-order valence-electron chi connectivity index (χ4n) is 9.19. The molecule has 1 nitrogen and oxygen atoms in total. The predicted octanol–water partition coefficient (Wildman–Crippen LogP) is 8.03. The molecule has 3 saturated carbocycles. The van der Waals surface area contributed by atoms with Crippen LogP contribution in [0.15, 0.2) is 11.6 Å². The van der Waals surface area contributed by atoms with Crippen LogP contribution >= 0.6 is 0 Å². The minimum atomic E-state index is 0.373. The lowest BCUT2D eigenvalue weighted by molar-refractivity contribution is -0.0532. The van der Waals surface area contributed by atoms with Gasteiger partial charge in [0.25, 0.3) is 0 Å². The minimum absolute atomic E-state index is 0.373. The molecular formula is C29H50O. The molecule has 4 aliphatic rings. The second-order valence-electron chi connectivity index (χ2n) is 12.9. The highest BCUT2D eigenvalue weighted by Crippen LogP contribution is 2.67. The fraction of sp³-hybridized carbons (Fsp3) is 0.931. The van der Waals surface area contributed by atoms with Gasteiger partial charge in [-0.15, -0.1) is 0 Å². The molecule has 0 aromatic heterocycles. The van der Waals surface area contributed by atoms with Crippen molar-refractivity contribution in [3.8, 4) is 0 Å². The Bertz CT molecular complexity index is 620. The third-order valence-electron chi connectivity index (χ3n) is 10.9. The van der Waals surface area contributed by atoms with Crippen LogP contribution in [0.4, 0.5) is 0 Å². The van der Waals surface area contributed by atoms with Crippen LogP contribution in [0.3, 0.4) is 0 Å². The lowest BCUT2D eigenvalue weighted by Crippen LogP contribution is -2.50. The summed E-state index contributed by atoms with van der Waals surface area (Å²) in [5, 5.41) is 9.43. The lowest BCUT2D eigenvalue weighted by atomic mass is 9.46. The van der Waals surface area contributed by atoms with E-state index in [1.54, 1.807) is 5.57 Å². The third kappa shape index (κ3) is 3.95. The van der Waals surface area contributed by atoms with Crippen LogP contribution in [0, 0.1) is 52.3 Å². The first-order chi connectivity index (χ1) is 14.3. The maximum Gasteiger partial charge on any atom is 0.0433 e. The number of aliphatic hydroxyl groups excluding tert-OH is 1. The van der Waals surface area contributed by atoms with Crippen molar-refractivity contribution < 1.29 is 5.11 Å². The van der Waals surface area contributed by atoms with Gasteiger partial charge < -0.3 is 5.11 Å². The predicted molar refractivity (Wildman–Crippen MR) is 128 cm³/mol. The Hall–Kier alpha value is -0.300. The number of hydrogen-bond acceptors (Lipinski definition) is 1. The molecule has 0 spiro atoms. The van der Waals surface area contributed by atoms with E-state index >= 15 is 0 Å². The quantitative estimate of drug-likeness (QED) is 0.418. The van der Waals surface area contributed by atoms with Crippen LogP contribution in [0.1, 0.15) is 112 Å². The molecule has 0 bridgehead atoms. The Morgan fingerprint density at radius 3 is 2.53 bits per heavy atom. The summed E-state index contributed by atoms with van der Waals surface area (Å²) in [5.41, 5.74) is 2.86. The summed E-state index contributed by atoms with van der Waals surface area (Å²) in [7, 11) is 0. The summed E-state index contributed by atoms with van der Waals surface area (Å²) in [4.78, 5) is 0. The maximum atomic E-state index is 9.43. The Morgan fingerprint density at radius 2 is 1.80 bits per heavy atom. The van der Waals surface area contributed by atoms with Crippen LogP contribution in [0.25, 0.3) is 0 Å². The van der Waals surface area contributed by atoms with Crippen molar-refractivity contribution in [2.24, 2.45) is 52.3 Å². The molecule has 30 heavy (non-hydrogen) atoms. The lowest BCUT2D eigenvalue weighted by Gasteiger charge is -2.58. The summed E-state index contributed by atoms with van der Waals surface area (Å²) in [6.07, 6.45) is 19.3. The third-order valence-corrected chi connectivity index (χ3v) is 10.9. The van der Waals surface area contributed by atoms with Crippen molar-refractivity contribution in [1.82, 2.24) is 0 Å². The van der Waals surface area contributed by atoms with E-state index in [2.05, 4.69) is 40.7 Å². The molecule has 1 N–H and O–H groups in total. The number of allylic oxidation sites excluding steroid dienone is 2. The van der Waals surface area contributed by atoms with Crippen molar-refractivity contribution in [2.75, 3.05) is 6.61 Å². The molecule has 8 atom stereocenters. The Morgan fingerprint density at radius 1 is 1.00 bits per heavy atom. The summed E-state index contributed by atoms with van der Waals surface area (Å²) in [5.74, 6) is 6.32. The van der Waals surface area contributed by atoms with Crippen LogP contribution in [0.2, 0.25) is 0 Å². The molecule has 172 valence electrons. The summed E-state index contributed by atoms with van der Waals surface area (Å²) in [6, 6.07) is 0. The van der Waals surface area contributed by atoms with Gasteiger partial charge in [-0.05, 0) is 110 Å². The fourth-order valence-corrected chi connectivity index (χ4v) is 9.19. The van der Waals surface area contributed by atoms with E-state index in [0.717, 1.165) is 47.8 Å². The average Bonchev–Trinajstić information content (AvgIpc) is 3.05. The summed E-state index contributed by atoms with van der Waals surface area (Å²) >= 11 is 0. The molecule has 0 heterocycles. The van der Waals surface area contributed by atoms with Gasteiger partial charge in [-0.25, -0.2) is 0 Å². The van der Waals surface area contributed by atoms with Crippen molar-refractivity contribution >= 4 is 0 Å². The van der Waals surface area contributed by atoms with Crippen LogP contribution in [0.5, 0.6) is 0 Å². The Labute approximate surface area is 187 Å². The minimum Gasteiger partial charge on any atom is -0.396 e. The first-order valence-electron chi connectivity index (χ1n) is 13.6. The van der Waals surface area contributed by atoms with Gasteiger partial charge in [0.2, 0.25) is 0 Å². The first kappa shape index (κ1) is 22.9. The average molecular weight is 415 g/mol. The Kier molecular flexibility index (Phi) is 6.80. The van der Waals surface area contributed by atoms with Crippen molar-refractivity contribution in [1.29, 1.82) is 0 Å². The molecule has 0 aromatic rings. The molecule has 4 rings (SSSR count). The van der Waals surface area contributed by atoms with Gasteiger partial charge in [0, 0.05) is 6.61 Å². The zero-order valence-corrected chi connectivity index (χ0v) is 20.8. The van der Waals surface area contributed by atoms with Gasteiger partial charge in [0.1, 0.15) is 0 Å². The molecule has 0 aromatic carbocycles. The normalized spacial score (nSPS) is 44.2. The van der Waals surface area contributed by atoms with E-state index < -0.39 is 0 Å². The largest absolute Gasteiger partial charge is 0.396 e. The highest BCUT2D eigenvalue weighted by atomic mass is 16.3. The van der Waals surface area contributed by atoms with Gasteiger partial charge in [0.05, 0.1) is 0 Å². The molecule has 0 aliphatic heterocycles. The van der Waals surface area contributed by atoms with E-state index in [0.29, 0.717) is 17.4 Å². The van der Waals surface area contributed by atoms with Crippen LogP contribution < -0.4 is 0 Å². The molecule has 1 heteroatoms. The summed E-state index contributed by atoms with van der Waals surface area (Å²) < 4.78 is 0. The van der Waals surface area contributed by atoms with Crippen molar-refractivity contribution in [3.63, 3.8) is 0 Å². The zero-order chi connectivity index (χ0) is 21.5. The number of hydrogen-bond donors (Lipinski definition) is 1. The monoisotopic (exact) mass is 414 g/mol. The van der Waals surface area contributed by atoms with Gasteiger partial charge in [-0.2, -0.15) is 0 Å². The van der Waals surface area contributed by atoms with E-state index in [1.165, 1.54) is 70.6 Å². The van der Waals surface area contributed by atoms with E-state index in [9.17, 15) is 5.11 Å². The second-order valence-corrected chi connectivity index (χ2v) is 12.9. The number of fused-ring (bicyclic) bond motifs is 5. The zero-order valence-electron chi connectivity index (χ0n) is 20.8. The Balaban J connectivity index is 1.47. The SMILES string of the molecule is CC(C)CCC[C@@H](C)[C@H]1CC[C@H]2[C@@H]3CC=C4C[C@@H](CCO)CC[C@]4(C)[C@H]3CC[C@]12C. The molecular weight excluding hydrogens is 364 g/mol. The topological polar surface area (TPSA) is 20.2 Å². The molecule has 3 fully saturated rings. The van der Waals surface area contributed by atoms with Crippen molar-refractivity contribution in [2.45, 2.75) is 112 Å². The number of aliphatic hydroxyl groups is 1. The number of rotatable bonds is 7. The molecule has 4 aliphatic carbocycles. The smallest absolute Gasteiger partial charge is 0.0433 e. The van der Waals surface area contributed by atoms with Crippen LogP contribution in [-0.2, 0) is 0 Å². The van der Waals surface area contributed by atoms with Crippen LogP contribution in [-0.4, -0.2) is 11.7 Å². The van der Waals surface area contributed by atoms with Gasteiger partial charge in [-0.3, -0.25) is 0 Å². The van der Waals surface area contributed by atoms with E-state index in [1.807, 2.05) is 0 Å². The molecule has 0 unspecified atom stereocenters. The molecule has 0 radical (unpaired) electrons. The van der Waals surface area contributed by atoms with Gasteiger partial charge >= 0.3 is 0 Å². The maximum absolute atomic E-state index is 9.43. The van der Waals surface area contributed by atoms with Gasteiger partial charge in [0.15, 0.2) is 0 Å². The second kappa shape index (κ2) is 8.92. The first-order valence-corrected chi connectivity index (χ1v) is 13.6. The standard InChI is InChI=1S/C29H50O/c1-20(2)7-6-8-21(3)25-11-12-26-24-10-9-23-19-22(15-18-30)13-16-28(23,4)27(24)14-17-29(25,26)5/h9,20-22,24-27,30H,6-8,10-19H2,1-5H3/t21-,22-,24+,25-,26+,27+,28+,29-/m1/s1. The summed E-state index contributed by atoms with van der Waals surface area (Å²) in [6.45, 7) is 13.1. The highest BCUT2D eigenvalue weighted by molar-refractivity contribution is 5.25.